The monoisotopic (exact) mass is 210 g/mol. The summed E-state index contributed by atoms with van der Waals surface area (Å²) in [6, 6.07) is 1.72. The minimum Gasteiger partial charge on any atom is -0.503 e. The van der Waals surface area contributed by atoms with Crippen molar-refractivity contribution in [1.29, 1.82) is 0 Å². The van der Waals surface area contributed by atoms with Crippen LogP contribution in [0.1, 0.15) is 25.6 Å². The lowest BCUT2D eigenvalue weighted by Gasteiger charge is -2.19. The number of pyridine rings is 1. The molecule has 0 spiro atoms. The number of nitrogens with zero attached hydrogens (tertiary/aromatic N) is 2. The van der Waals surface area contributed by atoms with Crippen LogP contribution in [0, 0.1) is 0 Å². The maximum Gasteiger partial charge on any atom is 0.223 e. The first-order chi connectivity index (χ1) is 6.91. The maximum atomic E-state index is 11.3. The Morgan fingerprint density at radius 2 is 2.07 bits per heavy atom. The van der Waals surface area contributed by atoms with E-state index in [1.165, 1.54) is 12.3 Å². The van der Waals surface area contributed by atoms with Crippen molar-refractivity contribution in [2.45, 2.75) is 26.4 Å². The molecule has 0 fully saturated rings. The van der Waals surface area contributed by atoms with E-state index in [2.05, 4.69) is 0 Å². The van der Waals surface area contributed by atoms with Gasteiger partial charge in [0.2, 0.25) is 5.43 Å². The van der Waals surface area contributed by atoms with Gasteiger partial charge in [-0.2, -0.15) is 0 Å². The Bertz CT molecular complexity index is 394. The molecule has 1 aromatic heterocycles. The van der Waals surface area contributed by atoms with Gasteiger partial charge in [-0.3, -0.25) is 4.79 Å². The molecule has 4 nitrogen and oxygen atoms in total. The third-order valence-electron chi connectivity index (χ3n) is 2.18. The highest BCUT2D eigenvalue weighted by molar-refractivity contribution is 5.20. The fourth-order valence-corrected chi connectivity index (χ4v) is 1.51. The van der Waals surface area contributed by atoms with Crippen LogP contribution in [0.15, 0.2) is 17.1 Å². The Balaban J connectivity index is 3.22. The third kappa shape index (κ3) is 2.83. The summed E-state index contributed by atoms with van der Waals surface area (Å²) in [6.07, 6.45) is 1.51. The summed E-state index contributed by atoms with van der Waals surface area (Å²) in [5.41, 5.74) is 0.599. The second-order valence-corrected chi connectivity index (χ2v) is 4.25. The maximum absolute atomic E-state index is 11.3. The van der Waals surface area contributed by atoms with Crippen LogP contribution in [0.4, 0.5) is 0 Å². The first-order valence-corrected chi connectivity index (χ1v) is 5.00. The van der Waals surface area contributed by atoms with Crippen LogP contribution < -0.4 is 5.43 Å². The molecule has 0 saturated heterocycles. The summed E-state index contributed by atoms with van der Waals surface area (Å²) < 4.78 is 1.91. The van der Waals surface area contributed by atoms with Gasteiger partial charge in [0.25, 0.3) is 0 Å². The molecule has 1 N–H and O–H groups in total. The summed E-state index contributed by atoms with van der Waals surface area (Å²) in [5, 5.41) is 9.36. The van der Waals surface area contributed by atoms with Crippen molar-refractivity contribution in [2.75, 3.05) is 14.1 Å². The lowest BCUT2D eigenvalue weighted by atomic mass is 10.2. The van der Waals surface area contributed by atoms with Crippen molar-refractivity contribution in [1.82, 2.24) is 9.47 Å². The molecular weight excluding hydrogens is 192 g/mol. The molecule has 0 atom stereocenters. The van der Waals surface area contributed by atoms with Crippen molar-refractivity contribution in [3.63, 3.8) is 0 Å². The molecule has 0 aromatic carbocycles. The zero-order chi connectivity index (χ0) is 11.6. The zero-order valence-electron chi connectivity index (χ0n) is 9.69. The van der Waals surface area contributed by atoms with Crippen molar-refractivity contribution in [2.24, 2.45) is 0 Å². The van der Waals surface area contributed by atoms with Gasteiger partial charge in [0.05, 0.1) is 6.20 Å². The lowest BCUT2D eigenvalue weighted by molar-refractivity contribution is 0.374. The molecule has 1 rings (SSSR count). The topological polar surface area (TPSA) is 45.5 Å². The van der Waals surface area contributed by atoms with Gasteiger partial charge in [-0.25, -0.2) is 0 Å². The van der Waals surface area contributed by atoms with Crippen molar-refractivity contribution >= 4 is 0 Å². The second kappa shape index (κ2) is 4.49. The quantitative estimate of drug-likeness (QED) is 0.815. The smallest absolute Gasteiger partial charge is 0.223 e. The molecule has 0 radical (unpaired) electrons. The number of hydrogen-bond acceptors (Lipinski definition) is 3. The van der Waals surface area contributed by atoms with E-state index in [-0.39, 0.29) is 17.2 Å². The predicted octanol–water partition coefficient (Wildman–Crippen LogP) is 1.20. The Kier molecular flexibility index (Phi) is 3.52. The molecule has 15 heavy (non-hydrogen) atoms. The van der Waals surface area contributed by atoms with Crippen LogP contribution in [0.25, 0.3) is 0 Å². The van der Waals surface area contributed by atoms with Crippen LogP contribution in [-0.2, 0) is 6.54 Å². The SMILES string of the molecule is CC(C)n1cc(O)c(=O)cc1CN(C)C. The largest absolute Gasteiger partial charge is 0.503 e. The summed E-state index contributed by atoms with van der Waals surface area (Å²) in [4.78, 5) is 13.3. The molecule has 0 aliphatic rings. The van der Waals surface area contributed by atoms with E-state index >= 15 is 0 Å². The van der Waals surface area contributed by atoms with E-state index in [1.807, 2.05) is 37.4 Å². The van der Waals surface area contributed by atoms with E-state index in [9.17, 15) is 9.90 Å². The summed E-state index contributed by atoms with van der Waals surface area (Å²) in [7, 11) is 3.89. The van der Waals surface area contributed by atoms with E-state index in [0.29, 0.717) is 6.54 Å². The van der Waals surface area contributed by atoms with Crippen molar-refractivity contribution in [3.8, 4) is 5.75 Å². The molecule has 0 unspecified atom stereocenters. The number of rotatable bonds is 3. The summed E-state index contributed by atoms with van der Waals surface area (Å²) in [6.45, 7) is 4.72. The minimum atomic E-state index is -0.316. The highest BCUT2D eigenvalue weighted by atomic mass is 16.3. The Labute approximate surface area is 89.8 Å². The highest BCUT2D eigenvalue weighted by Crippen LogP contribution is 2.13. The molecule has 0 bridgehead atoms. The predicted molar refractivity (Wildman–Crippen MR) is 60.1 cm³/mol. The molecule has 4 heteroatoms. The van der Waals surface area contributed by atoms with E-state index in [4.69, 9.17) is 0 Å². The number of hydrogen-bond donors (Lipinski definition) is 1. The third-order valence-corrected chi connectivity index (χ3v) is 2.18. The number of aromatic nitrogens is 1. The average Bonchev–Trinajstić information content (AvgIpc) is 2.09. The van der Waals surface area contributed by atoms with Gasteiger partial charge in [-0.1, -0.05) is 0 Å². The molecule has 0 aliphatic carbocycles. The average molecular weight is 210 g/mol. The van der Waals surface area contributed by atoms with Gasteiger partial charge in [-0.15, -0.1) is 0 Å². The lowest BCUT2D eigenvalue weighted by Crippen LogP contribution is -2.20. The van der Waals surface area contributed by atoms with E-state index in [1.54, 1.807) is 0 Å². The molecule has 1 heterocycles. The van der Waals surface area contributed by atoms with Crippen LogP contribution in [0.2, 0.25) is 0 Å². The van der Waals surface area contributed by atoms with Crippen LogP contribution in [0.3, 0.4) is 0 Å². The van der Waals surface area contributed by atoms with E-state index in [0.717, 1.165) is 5.69 Å². The normalized spacial score (nSPS) is 11.3. The standard InChI is InChI=1S/C11H18N2O2/c1-8(2)13-7-11(15)10(14)5-9(13)6-12(3)4/h5,7-8,15H,6H2,1-4H3. The Morgan fingerprint density at radius 3 is 2.53 bits per heavy atom. The Hall–Kier alpha value is -1.29. The van der Waals surface area contributed by atoms with Crippen molar-refractivity contribution < 1.29 is 5.11 Å². The van der Waals surface area contributed by atoms with Gasteiger partial charge in [-0.05, 0) is 27.9 Å². The molecule has 1 aromatic rings. The fourth-order valence-electron chi connectivity index (χ4n) is 1.51. The van der Waals surface area contributed by atoms with Gasteiger partial charge in [0, 0.05) is 24.3 Å². The summed E-state index contributed by atoms with van der Waals surface area (Å²) >= 11 is 0. The summed E-state index contributed by atoms with van der Waals surface area (Å²) in [5.74, 6) is -0.189. The fraction of sp³-hybridized carbons (Fsp3) is 0.545. The Morgan fingerprint density at radius 1 is 1.47 bits per heavy atom. The zero-order valence-corrected chi connectivity index (χ0v) is 9.69. The molecule has 0 saturated carbocycles. The molecular formula is C11H18N2O2. The van der Waals surface area contributed by atoms with Gasteiger partial charge < -0.3 is 14.6 Å². The molecule has 0 aliphatic heterocycles. The van der Waals surface area contributed by atoms with Crippen LogP contribution in [-0.4, -0.2) is 28.7 Å². The van der Waals surface area contributed by atoms with Crippen molar-refractivity contribution in [3.05, 3.63) is 28.2 Å². The van der Waals surface area contributed by atoms with Gasteiger partial charge in [0.1, 0.15) is 0 Å². The molecule has 84 valence electrons. The van der Waals surface area contributed by atoms with E-state index < -0.39 is 0 Å². The molecule has 0 amide bonds. The minimum absolute atomic E-state index is 0.189. The van der Waals surface area contributed by atoms with Crippen LogP contribution in [0.5, 0.6) is 5.75 Å². The second-order valence-electron chi connectivity index (χ2n) is 4.25. The first kappa shape index (κ1) is 11.8. The van der Waals surface area contributed by atoms with Gasteiger partial charge in [0.15, 0.2) is 5.75 Å². The van der Waals surface area contributed by atoms with Crippen LogP contribution >= 0.6 is 0 Å². The highest BCUT2D eigenvalue weighted by Gasteiger charge is 2.08. The van der Waals surface area contributed by atoms with Gasteiger partial charge >= 0.3 is 0 Å². The number of aromatic hydroxyl groups is 1. The first-order valence-electron chi connectivity index (χ1n) is 5.00.